The average Bonchev–Trinajstić information content (AvgIpc) is 2.58. The van der Waals surface area contributed by atoms with Crippen LogP contribution in [-0.4, -0.2) is 29.9 Å². The van der Waals surface area contributed by atoms with Crippen molar-refractivity contribution < 1.29 is 19.4 Å². The maximum absolute atomic E-state index is 12.1. The summed E-state index contributed by atoms with van der Waals surface area (Å²) in [6.07, 6.45) is 0.628. The molecule has 6 nitrogen and oxygen atoms in total. The summed E-state index contributed by atoms with van der Waals surface area (Å²) in [6, 6.07) is 10.8. The highest BCUT2D eigenvalue weighted by Gasteiger charge is 2.26. The Morgan fingerprint density at radius 1 is 1.38 bits per heavy atom. The second kappa shape index (κ2) is 7.08. The standard InChI is InChI=1S/C17H15IN2O4/c1-10-6-12(18)7-11(16(10)21)8-19-20-17(22)15-9-23-13-4-2-3-5-14(13)24-15/h2-8,15,21H,9H2,1H3,(H,20,22)/b19-8-/t15-/m0/s1. The van der Waals surface area contributed by atoms with Crippen molar-refractivity contribution in [2.75, 3.05) is 6.61 Å². The Hall–Kier alpha value is -2.29. The molecule has 2 aromatic rings. The number of benzene rings is 2. The van der Waals surface area contributed by atoms with Crippen LogP contribution in [0.25, 0.3) is 0 Å². The fourth-order valence-corrected chi connectivity index (χ4v) is 3.05. The van der Waals surface area contributed by atoms with Crippen LogP contribution in [0.5, 0.6) is 17.2 Å². The van der Waals surface area contributed by atoms with Gasteiger partial charge in [-0.1, -0.05) is 12.1 Å². The number of ether oxygens (including phenoxy) is 2. The first kappa shape index (κ1) is 16.6. The van der Waals surface area contributed by atoms with Crippen LogP contribution >= 0.6 is 22.6 Å². The van der Waals surface area contributed by atoms with E-state index in [1.807, 2.05) is 18.2 Å². The van der Waals surface area contributed by atoms with Gasteiger partial charge < -0.3 is 14.6 Å². The maximum Gasteiger partial charge on any atom is 0.284 e. The molecule has 1 atom stereocenters. The molecule has 0 fully saturated rings. The Morgan fingerprint density at radius 2 is 2.12 bits per heavy atom. The van der Waals surface area contributed by atoms with E-state index in [0.29, 0.717) is 17.1 Å². The van der Waals surface area contributed by atoms with E-state index in [1.165, 1.54) is 6.21 Å². The van der Waals surface area contributed by atoms with Gasteiger partial charge in [-0.15, -0.1) is 0 Å². The second-order valence-electron chi connectivity index (χ2n) is 5.26. The van der Waals surface area contributed by atoms with E-state index in [4.69, 9.17) is 9.47 Å². The molecule has 1 aliphatic heterocycles. The van der Waals surface area contributed by atoms with E-state index in [0.717, 1.165) is 9.13 Å². The molecule has 0 aromatic heterocycles. The van der Waals surface area contributed by atoms with Crippen LogP contribution in [0.2, 0.25) is 0 Å². The van der Waals surface area contributed by atoms with Gasteiger partial charge in [0.25, 0.3) is 5.91 Å². The predicted octanol–water partition coefficient (Wildman–Crippen LogP) is 2.60. The summed E-state index contributed by atoms with van der Waals surface area (Å²) in [4.78, 5) is 12.1. The first-order valence-corrected chi connectivity index (χ1v) is 8.33. The van der Waals surface area contributed by atoms with Gasteiger partial charge in [-0.2, -0.15) is 5.10 Å². The van der Waals surface area contributed by atoms with Crippen molar-refractivity contribution in [2.45, 2.75) is 13.0 Å². The third-order valence-corrected chi connectivity index (χ3v) is 4.10. The van der Waals surface area contributed by atoms with Crippen molar-refractivity contribution in [1.29, 1.82) is 0 Å². The van der Waals surface area contributed by atoms with Gasteiger partial charge in [0.2, 0.25) is 6.10 Å². The van der Waals surface area contributed by atoms with Crippen molar-refractivity contribution >= 4 is 34.7 Å². The number of para-hydroxylation sites is 2. The Morgan fingerprint density at radius 3 is 2.92 bits per heavy atom. The fraction of sp³-hybridized carbons (Fsp3) is 0.176. The number of halogens is 1. The average molecular weight is 438 g/mol. The molecule has 24 heavy (non-hydrogen) atoms. The number of hydrogen-bond donors (Lipinski definition) is 2. The number of hydrazone groups is 1. The minimum absolute atomic E-state index is 0.117. The van der Waals surface area contributed by atoms with E-state index in [2.05, 4.69) is 33.1 Å². The third kappa shape index (κ3) is 3.61. The lowest BCUT2D eigenvalue weighted by Crippen LogP contribution is -2.42. The molecule has 0 saturated heterocycles. The Kier molecular flexibility index (Phi) is 4.89. The molecule has 124 valence electrons. The topological polar surface area (TPSA) is 80.2 Å². The van der Waals surface area contributed by atoms with Crippen LogP contribution in [-0.2, 0) is 4.79 Å². The minimum Gasteiger partial charge on any atom is -0.507 e. The number of rotatable bonds is 3. The van der Waals surface area contributed by atoms with E-state index >= 15 is 0 Å². The number of aromatic hydroxyl groups is 1. The summed E-state index contributed by atoms with van der Waals surface area (Å²) in [5.41, 5.74) is 3.69. The van der Waals surface area contributed by atoms with Gasteiger partial charge in [-0.25, -0.2) is 5.43 Å². The number of carbonyl (C=O) groups excluding carboxylic acids is 1. The molecular weight excluding hydrogens is 423 g/mol. The van der Waals surface area contributed by atoms with Gasteiger partial charge in [0.1, 0.15) is 12.4 Å². The number of phenols is 1. The molecule has 1 amide bonds. The Labute approximate surface area is 152 Å². The summed E-state index contributed by atoms with van der Waals surface area (Å²) in [6.45, 7) is 1.92. The number of hydrogen-bond acceptors (Lipinski definition) is 5. The molecule has 2 aromatic carbocycles. The molecule has 0 spiro atoms. The number of carbonyl (C=O) groups is 1. The molecule has 0 bridgehead atoms. The summed E-state index contributed by atoms with van der Waals surface area (Å²) in [7, 11) is 0. The number of fused-ring (bicyclic) bond motifs is 1. The summed E-state index contributed by atoms with van der Waals surface area (Å²) in [5.74, 6) is 0.866. The van der Waals surface area contributed by atoms with Gasteiger partial charge in [-0.05, 0) is 59.3 Å². The lowest BCUT2D eigenvalue weighted by atomic mass is 10.1. The molecule has 1 heterocycles. The summed E-state index contributed by atoms with van der Waals surface area (Å²) >= 11 is 2.15. The van der Waals surface area contributed by atoms with E-state index in [9.17, 15) is 9.90 Å². The van der Waals surface area contributed by atoms with E-state index < -0.39 is 12.0 Å². The van der Waals surface area contributed by atoms with Gasteiger partial charge in [0.15, 0.2) is 11.5 Å². The van der Waals surface area contributed by atoms with Crippen molar-refractivity contribution in [3.05, 3.63) is 51.1 Å². The van der Waals surface area contributed by atoms with Crippen molar-refractivity contribution in [3.8, 4) is 17.2 Å². The molecule has 7 heteroatoms. The first-order chi connectivity index (χ1) is 11.5. The zero-order chi connectivity index (χ0) is 17.1. The molecule has 0 unspecified atom stereocenters. The second-order valence-corrected chi connectivity index (χ2v) is 6.50. The highest BCUT2D eigenvalue weighted by molar-refractivity contribution is 14.1. The largest absolute Gasteiger partial charge is 0.507 e. The number of amides is 1. The third-order valence-electron chi connectivity index (χ3n) is 3.47. The molecule has 0 aliphatic carbocycles. The van der Waals surface area contributed by atoms with Crippen LogP contribution in [0, 0.1) is 10.5 Å². The van der Waals surface area contributed by atoms with Gasteiger partial charge >= 0.3 is 0 Å². The highest BCUT2D eigenvalue weighted by Crippen LogP contribution is 2.30. The monoisotopic (exact) mass is 438 g/mol. The van der Waals surface area contributed by atoms with Crippen molar-refractivity contribution in [1.82, 2.24) is 5.43 Å². The zero-order valence-electron chi connectivity index (χ0n) is 12.8. The van der Waals surface area contributed by atoms with Crippen LogP contribution in [0.15, 0.2) is 41.5 Å². The molecule has 3 rings (SSSR count). The number of nitrogens with one attached hydrogen (secondary N) is 1. The number of nitrogens with zero attached hydrogens (tertiary/aromatic N) is 1. The van der Waals surface area contributed by atoms with Crippen molar-refractivity contribution in [3.63, 3.8) is 0 Å². The predicted molar refractivity (Wildman–Crippen MR) is 97.7 cm³/mol. The molecule has 0 saturated carbocycles. The molecule has 2 N–H and O–H groups in total. The molecule has 1 aliphatic rings. The number of aryl methyl sites for hydroxylation is 1. The van der Waals surface area contributed by atoms with Gasteiger partial charge in [-0.3, -0.25) is 4.79 Å². The van der Waals surface area contributed by atoms with E-state index in [-0.39, 0.29) is 12.4 Å². The van der Waals surface area contributed by atoms with Crippen LogP contribution in [0.3, 0.4) is 0 Å². The molecule has 0 radical (unpaired) electrons. The normalized spacial score (nSPS) is 16.2. The lowest BCUT2D eigenvalue weighted by Gasteiger charge is -2.24. The summed E-state index contributed by atoms with van der Waals surface area (Å²) < 4.78 is 12.1. The number of phenolic OH excluding ortho intramolecular Hbond substituents is 1. The first-order valence-electron chi connectivity index (χ1n) is 7.25. The van der Waals surface area contributed by atoms with Crippen LogP contribution in [0.1, 0.15) is 11.1 Å². The SMILES string of the molecule is Cc1cc(I)cc(/C=N\NC(=O)[C@@H]2COc3ccccc3O2)c1O. The zero-order valence-corrected chi connectivity index (χ0v) is 15.0. The molecular formula is C17H15IN2O4. The quantitative estimate of drug-likeness (QED) is 0.439. The maximum atomic E-state index is 12.1. The van der Waals surface area contributed by atoms with Gasteiger partial charge in [0.05, 0.1) is 6.21 Å². The fourth-order valence-electron chi connectivity index (χ4n) is 2.25. The Bertz CT molecular complexity index is 807. The van der Waals surface area contributed by atoms with Crippen LogP contribution in [0.4, 0.5) is 0 Å². The highest BCUT2D eigenvalue weighted by atomic mass is 127. The van der Waals surface area contributed by atoms with E-state index in [1.54, 1.807) is 25.1 Å². The van der Waals surface area contributed by atoms with Gasteiger partial charge in [0, 0.05) is 9.13 Å². The van der Waals surface area contributed by atoms with Crippen LogP contribution < -0.4 is 14.9 Å². The Balaban J connectivity index is 1.64. The smallest absolute Gasteiger partial charge is 0.284 e. The lowest BCUT2D eigenvalue weighted by molar-refractivity contribution is -0.130. The minimum atomic E-state index is -0.775. The summed E-state index contributed by atoms with van der Waals surface area (Å²) in [5, 5.41) is 13.9. The van der Waals surface area contributed by atoms with Crippen molar-refractivity contribution in [2.24, 2.45) is 5.10 Å².